The molecule has 0 N–H and O–H groups in total. The topological polar surface area (TPSA) is 52.5 Å². The van der Waals surface area contributed by atoms with Gasteiger partial charge in [0.05, 0.1) is 33.9 Å². The second kappa shape index (κ2) is 6.33. The molecule has 0 radical (unpaired) electrons. The first kappa shape index (κ1) is 17.8. The summed E-state index contributed by atoms with van der Waals surface area (Å²) in [5, 5.41) is 24.0. The fourth-order valence-electron chi connectivity index (χ4n) is 5.46. The van der Waals surface area contributed by atoms with E-state index in [0.29, 0.717) is 11.1 Å². The van der Waals surface area contributed by atoms with E-state index in [1.807, 2.05) is 12.1 Å². The van der Waals surface area contributed by atoms with Gasteiger partial charge in [-0.15, -0.1) is 0 Å². The average Bonchev–Trinajstić information content (AvgIpc) is 3.38. The molecule has 1 aliphatic carbocycles. The molecule has 3 nitrogen and oxygen atoms in total. The summed E-state index contributed by atoms with van der Waals surface area (Å²) in [6.07, 6.45) is 0. The van der Waals surface area contributed by atoms with E-state index in [0.717, 1.165) is 27.5 Å². The van der Waals surface area contributed by atoms with Gasteiger partial charge in [0.1, 0.15) is 6.07 Å². The Bertz CT molecular complexity index is 1890. The maximum absolute atomic E-state index is 9.94. The summed E-state index contributed by atoms with van der Waals surface area (Å²) in [6, 6.07) is 35.5. The van der Waals surface area contributed by atoms with Crippen LogP contribution >= 0.6 is 0 Å². The van der Waals surface area contributed by atoms with Gasteiger partial charge in [0.25, 0.3) is 0 Å². The third-order valence-corrected chi connectivity index (χ3v) is 6.79. The monoisotopic (exact) mass is 417 g/mol. The summed E-state index contributed by atoms with van der Waals surface area (Å²) in [5.41, 5.74) is 8.93. The normalized spacial score (nSPS) is 11.6. The van der Waals surface area contributed by atoms with Crippen LogP contribution in [-0.4, -0.2) is 4.57 Å². The quantitative estimate of drug-likeness (QED) is 0.281. The zero-order chi connectivity index (χ0) is 22.1. The average molecular weight is 417 g/mol. The highest BCUT2D eigenvalue weighted by Gasteiger charge is 2.25. The summed E-state index contributed by atoms with van der Waals surface area (Å²) < 4.78 is 2.19. The lowest BCUT2D eigenvalue weighted by atomic mass is 9.99. The molecule has 0 amide bonds. The SMILES string of the molecule is N#Cc1ccc(-n2c3ccccc3c3cc4c5c(cccc5c32)-c2ccccc2-4)c(C#N)c1. The Morgan fingerprint density at radius 2 is 1.30 bits per heavy atom. The minimum Gasteiger partial charge on any atom is -0.307 e. The molecule has 6 aromatic rings. The molecule has 7 rings (SSSR count). The first-order chi connectivity index (χ1) is 16.3. The van der Waals surface area contributed by atoms with Crippen LogP contribution < -0.4 is 0 Å². The van der Waals surface area contributed by atoms with Gasteiger partial charge < -0.3 is 4.57 Å². The molecule has 5 aromatic carbocycles. The van der Waals surface area contributed by atoms with Gasteiger partial charge in [-0.05, 0) is 58.0 Å². The molecular weight excluding hydrogens is 402 g/mol. The Labute approximate surface area is 190 Å². The van der Waals surface area contributed by atoms with Gasteiger partial charge in [-0.3, -0.25) is 0 Å². The molecule has 0 fully saturated rings. The van der Waals surface area contributed by atoms with Crippen LogP contribution in [0.2, 0.25) is 0 Å². The van der Waals surface area contributed by atoms with E-state index < -0.39 is 0 Å². The number of nitrogens with zero attached hydrogens (tertiary/aromatic N) is 3. The highest BCUT2D eigenvalue weighted by atomic mass is 15.0. The molecule has 33 heavy (non-hydrogen) atoms. The molecule has 3 heteroatoms. The highest BCUT2D eigenvalue weighted by molar-refractivity contribution is 6.27. The number of fused-ring (bicyclic) bond motifs is 7. The Hall–Kier alpha value is -4.86. The van der Waals surface area contributed by atoms with E-state index >= 15 is 0 Å². The lowest BCUT2D eigenvalue weighted by Crippen LogP contribution is -1.98. The molecule has 0 unspecified atom stereocenters. The lowest BCUT2D eigenvalue weighted by molar-refractivity contribution is 1.17. The summed E-state index contributed by atoms with van der Waals surface area (Å²) in [7, 11) is 0. The van der Waals surface area contributed by atoms with Crippen molar-refractivity contribution >= 4 is 32.6 Å². The number of hydrogen-bond acceptors (Lipinski definition) is 2. The van der Waals surface area contributed by atoms with Crippen LogP contribution in [-0.2, 0) is 0 Å². The van der Waals surface area contributed by atoms with Crippen molar-refractivity contribution in [3.05, 3.63) is 102 Å². The zero-order valence-electron chi connectivity index (χ0n) is 17.5. The minimum absolute atomic E-state index is 0.485. The van der Waals surface area contributed by atoms with Gasteiger partial charge in [0.15, 0.2) is 0 Å². The van der Waals surface area contributed by atoms with Crippen LogP contribution in [0, 0.1) is 22.7 Å². The number of hydrogen-bond donors (Lipinski definition) is 0. The molecule has 0 saturated carbocycles. The molecule has 0 spiro atoms. The van der Waals surface area contributed by atoms with Crippen LogP contribution in [0.15, 0.2) is 91.0 Å². The van der Waals surface area contributed by atoms with Crippen molar-refractivity contribution in [2.75, 3.05) is 0 Å². The zero-order valence-corrected chi connectivity index (χ0v) is 17.5. The molecule has 0 saturated heterocycles. The molecule has 0 bridgehead atoms. The molecule has 0 aliphatic heterocycles. The number of para-hydroxylation sites is 1. The Balaban J connectivity index is 1.73. The Morgan fingerprint density at radius 1 is 0.576 bits per heavy atom. The number of benzene rings is 5. The van der Waals surface area contributed by atoms with E-state index in [1.54, 1.807) is 12.1 Å². The van der Waals surface area contributed by atoms with Gasteiger partial charge >= 0.3 is 0 Å². The van der Waals surface area contributed by atoms with Crippen molar-refractivity contribution < 1.29 is 0 Å². The molecule has 1 heterocycles. The van der Waals surface area contributed by atoms with Gasteiger partial charge in [0.2, 0.25) is 0 Å². The predicted octanol–water partition coefficient (Wildman–Crippen LogP) is 7.33. The fraction of sp³-hybridized carbons (Fsp3) is 0. The molecular formula is C30H15N3. The van der Waals surface area contributed by atoms with Crippen molar-refractivity contribution in [2.24, 2.45) is 0 Å². The number of rotatable bonds is 1. The van der Waals surface area contributed by atoms with Crippen molar-refractivity contribution in [3.63, 3.8) is 0 Å². The first-order valence-electron chi connectivity index (χ1n) is 10.8. The molecule has 0 atom stereocenters. The van der Waals surface area contributed by atoms with Crippen LogP contribution in [0.3, 0.4) is 0 Å². The number of nitriles is 2. The maximum Gasteiger partial charge on any atom is 0.101 e. The first-order valence-corrected chi connectivity index (χ1v) is 10.8. The van der Waals surface area contributed by atoms with Crippen LogP contribution in [0.1, 0.15) is 11.1 Å². The van der Waals surface area contributed by atoms with Gasteiger partial charge in [0, 0.05) is 16.2 Å². The van der Waals surface area contributed by atoms with Crippen molar-refractivity contribution in [1.29, 1.82) is 10.5 Å². The van der Waals surface area contributed by atoms with E-state index in [9.17, 15) is 10.5 Å². The van der Waals surface area contributed by atoms with Crippen LogP contribution in [0.25, 0.3) is 60.5 Å². The van der Waals surface area contributed by atoms with Gasteiger partial charge in [-0.25, -0.2) is 0 Å². The summed E-state index contributed by atoms with van der Waals surface area (Å²) in [4.78, 5) is 0. The molecule has 1 aliphatic rings. The predicted molar refractivity (Wildman–Crippen MR) is 132 cm³/mol. The van der Waals surface area contributed by atoms with Gasteiger partial charge in [-0.2, -0.15) is 10.5 Å². The van der Waals surface area contributed by atoms with Gasteiger partial charge in [-0.1, -0.05) is 60.7 Å². The van der Waals surface area contributed by atoms with Crippen LogP contribution in [0.4, 0.5) is 0 Å². The number of aromatic nitrogens is 1. The lowest BCUT2D eigenvalue weighted by Gasteiger charge is -2.12. The molecule has 150 valence electrons. The Kier molecular flexibility index (Phi) is 3.41. The minimum atomic E-state index is 0.485. The van der Waals surface area contributed by atoms with E-state index in [2.05, 4.69) is 83.4 Å². The van der Waals surface area contributed by atoms with Crippen LogP contribution in [0.5, 0.6) is 0 Å². The van der Waals surface area contributed by atoms with Crippen molar-refractivity contribution in [2.45, 2.75) is 0 Å². The van der Waals surface area contributed by atoms with Crippen molar-refractivity contribution in [3.8, 4) is 40.1 Å². The third-order valence-electron chi connectivity index (χ3n) is 6.79. The van der Waals surface area contributed by atoms with Crippen molar-refractivity contribution in [1.82, 2.24) is 4.57 Å². The largest absolute Gasteiger partial charge is 0.307 e. The highest BCUT2D eigenvalue weighted by Crippen LogP contribution is 2.50. The van der Waals surface area contributed by atoms with E-state index in [4.69, 9.17) is 0 Å². The summed E-state index contributed by atoms with van der Waals surface area (Å²) >= 11 is 0. The second-order valence-electron chi connectivity index (χ2n) is 8.40. The van der Waals surface area contributed by atoms with E-state index in [-0.39, 0.29) is 0 Å². The fourth-order valence-corrected chi connectivity index (χ4v) is 5.46. The maximum atomic E-state index is 9.94. The Morgan fingerprint density at radius 3 is 2.12 bits per heavy atom. The standard InChI is InChI=1S/C30H15N3/c31-16-18-12-13-27(19(14-18)17-32)33-28-11-4-3-8-22(28)26-15-25-21-7-2-1-6-20(21)23-9-5-10-24(29(23)25)30(26)33/h1-15H. The second-order valence-corrected chi connectivity index (χ2v) is 8.40. The van der Waals surface area contributed by atoms with E-state index in [1.165, 1.54) is 33.0 Å². The summed E-state index contributed by atoms with van der Waals surface area (Å²) in [6.45, 7) is 0. The summed E-state index contributed by atoms with van der Waals surface area (Å²) in [5.74, 6) is 0. The smallest absolute Gasteiger partial charge is 0.101 e. The third kappa shape index (κ3) is 2.21. The molecule has 1 aromatic heterocycles.